The summed E-state index contributed by atoms with van der Waals surface area (Å²) in [5, 5.41) is 5.38. The molecule has 0 radical (unpaired) electrons. The van der Waals surface area contributed by atoms with Crippen LogP contribution in [0, 0.1) is 6.92 Å². The van der Waals surface area contributed by atoms with E-state index >= 15 is 0 Å². The summed E-state index contributed by atoms with van der Waals surface area (Å²) < 4.78 is 5.26. The second-order valence-corrected chi connectivity index (χ2v) is 6.01. The molecule has 0 aliphatic carbocycles. The Kier molecular flexibility index (Phi) is 4.52. The lowest BCUT2D eigenvalue weighted by atomic mass is 9.96. The number of benzene rings is 2. The molecule has 0 saturated carbocycles. The van der Waals surface area contributed by atoms with E-state index in [0.29, 0.717) is 23.4 Å². The van der Waals surface area contributed by atoms with Crippen LogP contribution in [-0.2, 0) is 20.7 Å². The fourth-order valence-corrected chi connectivity index (χ4v) is 2.73. The molecule has 1 heterocycles. The predicted octanol–water partition coefficient (Wildman–Crippen LogP) is 2.67. The van der Waals surface area contributed by atoms with E-state index in [1.54, 1.807) is 30.3 Å². The number of anilines is 2. The Morgan fingerprint density at radius 1 is 1.04 bits per heavy atom. The van der Waals surface area contributed by atoms with Gasteiger partial charge in [0.25, 0.3) is 5.91 Å². The first-order chi connectivity index (χ1) is 11.9. The number of esters is 1. The van der Waals surface area contributed by atoms with Crippen molar-refractivity contribution in [2.45, 2.75) is 26.4 Å². The van der Waals surface area contributed by atoms with E-state index in [1.165, 1.54) is 6.92 Å². The smallest absolute Gasteiger partial charge is 0.339 e. The van der Waals surface area contributed by atoms with Gasteiger partial charge in [-0.05, 0) is 42.8 Å². The highest BCUT2D eigenvalue weighted by atomic mass is 16.5. The Balaban J connectivity index is 1.69. The van der Waals surface area contributed by atoms with Gasteiger partial charge in [-0.3, -0.25) is 9.59 Å². The van der Waals surface area contributed by atoms with Crippen LogP contribution in [0.2, 0.25) is 0 Å². The van der Waals surface area contributed by atoms with Crippen molar-refractivity contribution in [1.82, 2.24) is 0 Å². The first-order valence-electron chi connectivity index (χ1n) is 7.91. The lowest BCUT2D eigenvalue weighted by Crippen LogP contribution is -2.38. The topological polar surface area (TPSA) is 84.5 Å². The fourth-order valence-electron chi connectivity index (χ4n) is 2.73. The van der Waals surface area contributed by atoms with Gasteiger partial charge in [-0.25, -0.2) is 4.79 Å². The predicted molar refractivity (Wildman–Crippen MR) is 93.5 cm³/mol. The molecule has 2 aromatic carbocycles. The largest absolute Gasteiger partial charge is 0.448 e. The highest BCUT2D eigenvalue weighted by Crippen LogP contribution is 2.23. The second kappa shape index (κ2) is 6.76. The van der Waals surface area contributed by atoms with Gasteiger partial charge < -0.3 is 15.4 Å². The van der Waals surface area contributed by atoms with Crippen LogP contribution in [0.15, 0.2) is 42.5 Å². The van der Waals surface area contributed by atoms with E-state index in [1.807, 2.05) is 19.1 Å². The van der Waals surface area contributed by atoms with Gasteiger partial charge in [-0.2, -0.15) is 0 Å². The zero-order chi connectivity index (χ0) is 18.0. The van der Waals surface area contributed by atoms with Crippen LogP contribution in [0.5, 0.6) is 0 Å². The quantitative estimate of drug-likeness (QED) is 0.843. The molecule has 1 aliphatic heterocycles. The molecule has 0 bridgehead atoms. The first kappa shape index (κ1) is 16.7. The van der Waals surface area contributed by atoms with Crippen LogP contribution in [0.3, 0.4) is 0 Å². The van der Waals surface area contributed by atoms with E-state index < -0.39 is 12.1 Å². The standard InChI is InChI=1S/C19H18N2O4/c1-11-3-8-16-13(9-11)10-17(25-19(16)24)18(23)21-15-6-4-14(5-7-15)20-12(2)22/h3-9,17H,10H2,1-2H3,(H,20,22)(H,21,23). The molecule has 6 heteroatoms. The number of cyclic esters (lactones) is 1. The number of hydrogen-bond acceptors (Lipinski definition) is 4. The third-order valence-electron chi connectivity index (χ3n) is 3.90. The number of fused-ring (bicyclic) bond motifs is 1. The Labute approximate surface area is 145 Å². The van der Waals surface area contributed by atoms with E-state index in [9.17, 15) is 14.4 Å². The van der Waals surface area contributed by atoms with Gasteiger partial charge >= 0.3 is 5.97 Å². The minimum absolute atomic E-state index is 0.167. The number of aryl methyl sites for hydroxylation is 1. The van der Waals surface area contributed by atoms with Gasteiger partial charge in [0.2, 0.25) is 5.91 Å². The molecular formula is C19H18N2O4. The third kappa shape index (κ3) is 3.85. The third-order valence-corrected chi connectivity index (χ3v) is 3.90. The number of rotatable bonds is 3. The fraction of sp³-hybridized carbons (Fsp3) is 0.211. The Bertz CT molecular complexity index is 843. The highest BCUT2D eigenvalue weighted by Gasteiger charge is 2.31. The molecule has 0 spiro atoms. The molecule has 0 aromatic heterocycles. The summed E-state index contributed by atoms with van der Waals surface area (Å²) in [5.74, 6) is -1.03. The van der Waals surface area contributed by atoms with Gasteiger partial charge in [0.05, 0.1) is 5.56 Å². The summed E-state index contributed by atoms with van der Waals surface area (Å²) in [6.07, 6.45) is -0.518. The van der Waals surface area contributed by atoms with Crippen molar-refractivity contribution in [2.24, 2.45) is 0 Å². The molecule has 0 fully saturated rings. The molecule has 2 aromatic rings. The summed E-state index contributed by atoms with van der Waals surface area (Å²) in [4.78, 5) is 35.5. The lowest BCUT2D eigenvalue weighted by molar-refractivity contribution is -0.125. The highest BCUT2D eigenvalue weighted by molar-refractivity contribution is 6.00. The van der Waals surface area contributed by atoms with Crippen molar-refractivity contribution in [2.75, 3.05) is 10.6 Å². The molecule has 1 aliphatic rings. The molecule has 0 saturated heterocycles. The first-order valence-corrected chi connectivity index (χ1v) is 7.91. The molecule has 25 heavy (non-hydrogen) atoms. The van der Waals surface area contributed by atoms with Crippen molar-refractivity contribution in [3.8, 4) is 0 Å². The Morgan fingerprint density at radius 3 is 2.32 bits per heavy atom. The Morgan fingerprint density at radius 2 is 1.68 bits per heavy atom. The minimum atomic E-state index is -0.864. The van der Waals surface area contributed by atoms with Gasteiger partial charge in [0.15, 0.2) is 6.10 Å². The summed E-state index contributed by atoms with van der Waals surface area (Å²) in [5.41, 5.74) is 3.55. The van der Waals surface area contributed by atoms with Gasteiger partial charge in [-0.1, -0.05) is 17.7 Å². The van der Waals surface area contributed by atoms with Crippen molar-refractivity contribution >= 4 is 29.2 Å². The number of carbonyl (C=O) groups is 3. The monoisotopic (exact) mass is 338 g/mol. The SMILES string of the molecule is CC(=O)Nc1ccc(NC(=O)C2Cc3cc(C)ccc3C(=O)O2)cc1. The molecule has 3 rings (SSSR count). The average molecular weight is 338 g/mol. The number of nitrogens with one attached hydrogen (secondary N) is 2. The van der Waals surface area contributed by atoms with Crippen molar-refractivity contribution in [1.29, 1.82) is 0 Å². The van der Waals surface area contributed by atoms with Gasteiger partial charge in [-0.15, -0.1) is 0 Å². The van der Waals surface area contributed by atoms with Crippen LogP contribution in [0.25, 0.3) is 0 Å². The van der Waals surface area contributed by atoms with E-state index in [4.69, 9.17) is 4.74 Å². The number of hydrogen-bond donors (Lipinski definition) is 2. The normalized spacial score (nSPS) is 15.8. The molecule has 1 atom stereocenters. The summed E-state index contributed by atoms with van der Waals surface area (Å²) in [6, 6.07) is 12.2. The maximum absolute atomic E-state index is 12.4. The van der Waals surface area contributed by atoms with Crippen LogP contribution < -0.4 is 10.6 Å². The van der Waals surface area contributed by atoms with Crippen molar-refractivity contribution in [3.05, 3.63) is 59.2 Å². The van der Waals surface area contributed by atoms with Crippen molar-refractivity contribution in [3.63, 3.8) is 0 Å². The van der Waals surface area contributed by atoms with E-state index in [-0.39, 0.29) is 11.8 Å². The average Bonchev–Trinajstić information content (AvgIpc) is 2.55. The molecule has 2 N–H and O–H groups in total. The molecule has 6 nitrogen and oxygen atoms in total. The maximum atomic E-state index is 12.4. The summed E-state index contributed by atoms with van der Waals surface area (Å²) in [6.45, 7) is 3.36. The van der Waals surface area contributed by atoms with Crippen LogP contribution in [0.1, 0.15) is 28.4 Å². The zero-order valence-corrected chi connectivity index (χ0v) is 14.0. The van der Waals surface area contributed by atoms with Crippen LogP contribution in [0.4, 0.5) is 11.4 Å². The summed E-state index contributed by atoms with van der Waals surface area (Å²) >= 11 is 0. The minimum Gasteiger partial charge on any atom is -0.448 e. The van der Waals surface area contributed by atoms with Gasteiger partial charge in [0.1, 0.15) is 0 Å². The number of amides is 2. The Hall–Kier alpha value is -3.15. The maximum Gasteiger partial charge on any atom is 0.339 e. The molecule has 128 valence electrons. The lowest BCUT2D eigenvalue weighted by Gasteiger charge is -2.24. The van der Waals surface area contributed by atoms with E-state index in [0.717, 1.165) is 11.1 Å². The van der Waals surface area contributed by atoms with E-state index in [2.05, 4.69) is 10.6 Å². The molecule has 2 amide bonds. The van der Waals surface area contributed by atoms with Crippen molar-refractivity contribution < 1.29 is 19.1 Å². The van der Waals surface area contributed by atoms with Gasteiger partial charge in [0, 0.05) is 24.7 Å². The molecular weight excluding hydrogens is 320 g/mol. The number of carbonyl (C=O) groups excluding carboxylic acids is 3. The van der Waals surface area contributed by atoms with Crippen LogP contribution >= 0.6 is 0 Å². The summed E-state index contributed by atoms with van der Waals surface area (Å²) in [7, 11) is 0. The second-order valence-electron chi connectivity index (χ2n) is 6.01. The zero-order valence-electron chi connectivity index (χ0n) is 14.0. The van der Waals surface area contributed by atoms with Crippen LogP contribution in [-0.4, -0.2) is 23.9 Å². The molecule has 1 unspecified atom stereocenters. The number of ether oxygens (including phenoxy) is 1.